The first-order valence-corrected chi connectivity index (χ1v) is 17.2. The molecule has 6 rings (SSSR count). The van der Waals surface area contributed by atoms with E-state index >= 15 is 0 Å². The lowest BCUT2D eigenvalue weighted by atomic mass is 10.1. The predicted octanol–water partition coefficient (Wildman–Crippen LogP) is 6.68. The third-order valence-electron chi connectivity index (χ3n) is 8.52. The lowest BCUT2D eigenvalue weighted by Gasteiger charge is -2.38. The second-order valence-corrected chi connectivity index (χ2v) is 13.3. The molecule has 0 aliphatic carbocycles. The van der Waals surface area contributed by atoms with Crippen LogP contribution in [0.1, 0.15) is 34.2 Å². The second kappa shape index (κ2) is 13.8. The van der Waals surface area contributed by atoms with E-state index in [9.17, 15) is 13.2 Å². The molecule has 0 amide bonds. The number of fused-ring (bicyclic) bond motifs is 1. The van der Waals surface area contributed by atoms with Gasteiger partial charge >= 0.3 is 5.97 Å². The number of benzene rings is 4. The van der Waals surface area contributed by atoms with Gasteiger partial charge in [-0.25, -0.2) is 13.2 Å². The van der Waals surface area contributed by atoms with Gasteiger partial charge in [-0.3, -0.25) is 9.21 Å². The summed E-state index contributed by atoms with van der Waals surface area (Å²) < 4.78 is 41.7. The van der Waals surface area contributed by atoms with Crippen LogP contribution in [0.2, 0.25) is 0 Å². The van der Waals surface area contributed by atoms with Gasteiger partial charge in [-0.15, -0.1) is 0 Å². The number of furan rings is 1. The molecule has 0 N–H and O–H groups in total. The molecule has 0 atom stereocenters. The quantitative estimate of drug-likeness (QED) is 0.150. The van der Waals surface area contributed by atoms with E-state index in [-0.39, 0.29) is 23.8 Å². The number of carbonyl (C=O) groups excluding carboxylic acids is 1. The molecular formula is C37H39N3O5S. The molecule has 0 radical (unpaired) electrons. The second-order valence-electron chi connectivity index (χ2n) is 11.5. The largest absolute Gasteiger partial charge is 0.460 e. The maximum Gasteiger partial charge on any atom is 0.374 e. The van der Waals surface area contributed by atoms with Crippen LogP contribution in [-0.4, -0.2) is 58.6 Å². The van der Waals surface area contributed by atoms with E-state index < -0.39 is 16.0 Å². The van der Waals surface area contributed by atoms with Crippen molar-refractivity contribution in [3.8, 4) is 0 Å². The van der Waals surface area contributed by atoms with Crippen molar-refractivity contribution in [1.82, 2.24) is 4.90 Å². The topological polar surface area (TPSA) is 83.3 Å². The molecule has 2 heterocycles. The van der Waals surface area contributed by atoms with Crippen molar-refractivity contribution in [2.24, 2.45) is 0 Å². The van der Waals surface area contributed by atoms with Crippen molar-refractivity contribution in [2.45, 2.75) is 31.7 Å². The van der Waals surface area contributed by atoms with Gasteiger partial charge in [0.25, 0.3) is 10.0 Å². The summed E-state index contributed by atoms with van der Waals surface area (Å²) in [5.74, 6) is -0.480. The van der Waals surface area contributed by atoms with Gasteiger partial charge in [0.15, 0.2) is 0 Å². The van der Waals surface area contributed by atoms with Crippen LogP contribution in [0.25, 0.3) is 11.0 Å². The van der Waals surface area contributed by atoms with Crippen molar-refractivity contribution >= 4 is 38.3 Å². The SMILES string of the molecule is CCOC(=O)c1oc2ccc(S(=O)(=O)N(CCc3ccccc3)c3ccccc3N3CCN(Cc4ccccc4)CC3)cc2c1C. The van der Waals surface area contributed by atoms with Crippen LogP contribution in [0, 0.1) is 6.92 Å². The molecule has 46 heavy (non-hydrogen) atoms. The summed E-state index contributed by atoms with van der Waals surface area (Å²) in [5, 5.41) is 0.565. The van der Waals surface area contributed by atoms with Crippen LogP contribution in [-0.2, 0) is 27.7 Å². The minimum Gasteiger partial charge on any atom is -0.460 e. The average Bonchev–Trinajstić information content (AvgIpc) is 3.42. The third-order valence-corrected chi connectivity index (χ3v) is 10.3. The molecule has 1 aliphatic heterocycles. The fraction of sp³-hybridized carbons (Fsp3) is 0.270. The smallest absolute Gasteiger partial charge is 0.374 e. The Bertz CT molecular complexity index is 1900. The highest BCUT2D eigenvalue weighted by Crippen LogP contribution is 2.36. The standard InChI is InChI=1S/C37H39N3O5S/c1-3-44-37(41)36-28(2)32-26-31(18-19-35(32)45-36)46(42,43)40(21-20-29-12-6-4-7-13-29)34-17-11-10-16-33(34)39-24-22-38(23-25-39)27-30-14-8-5-9-15-30/h4-19,26H,3,20-25,27H2,1-2H3. The Labute approximate surface area is 270 Å². The van der Waals surface area contributed by atoms with Crippen molar-refractivity contribution < 1.29 is 22.4 Å². The number of piperazine rings is 1. The Morgan fingerprint density at radius 2 is 1.50 bits per heavy atom. The highest BCUT2D eigenvalue weighted by atomic mass is 32.2. The number of para-hydroxylation sites is 2. The van der Waals surface area contributed by atoms with Crippen molar-refractivity contribution in [2.75, 3.05) is 48.5 Å². The Kier molecular flexibility index (Phi) is 9.42. The van der Waals surface area contributed by atoms with Gasteiger partial charge in [0.05, 0.1) is 22.9 Å². The minimum atomic E-state index is -4.03. The van der Waals surface area contributed by atoms with E-state index in [1.807, 2.05) is 60.7 Å². The Morgan fingerprint density at radius 3 is 2.20 bits per heavy atom. The summed E-state index contributed by atoms with van der Waals surface area (Å²) in [5.41, 5.74) is 4.86. The summed E-state index contributed by atoms with van der Waals surface area (Å²) in [6.07, 6.45) is 0.541. The molecule has 1 saturated heterocycles. The summed E-state index contributed by atoms with van der Waals surface area (Å²) in [4.78, 5) is 17.3. The molecule has 1 aliphatic rings. The normalized spacial score (nSPS) is 14.0. The van der Waals surface area contributed by atoms with Crippen molar-refractivity contribution in [1.29, 1.82) is 0 Å². The van der Waals surface area contributed by atoms with E-state index in [0.29, 0.717) is 28.6 Å². The molecule has 1 aromatic heterocycles. The number of esters is 1. The lowest BCUT2D eigenvalue weighted by molar-refractivity contribution is 0.0491. The van der Waals surface area contributed by atoms with Gasteiger partial charge in [0, 0.05) is 50.2 Å². The van der Waals surface area contributed by atoms with E-state index in [1.165, 1.54) is 9.87 Å². The third kappa shape index (κ3) is 6.66. The number of nitrogens with zero attached hydrogens (tertiary/aromatic N) is 3. The number of aryl methyl sites for hydroxylation is 1. The zero-order valence-corrected chi connectivity index (χ0v) is 27.1. The van der Waals surface area contributed by atoms with Gasteiger partial charge in [0.1, 0.15) is 5.58 Å². The lowest BCUT2D eigenvalue weighted by Crippen LogP contribution is -2.46. The van der Waals surface area contributed by atoms with Gasteiger partial charge in [-0.05, 0) is 61.7 Å². The van der Waals surface area contributed by atoms with E-state index in [0.717, 1.165) is 44.0 Å². The van der Waals surface area contributed by atoms with Gasteiger partial charge in [-0.2, -0.15) is 0 Å². The molecule has 8 nitrogen and oxygen atoms in total. The predicted molar refractivity (Wildman–Crippen MR) is 182 cm³/mol. The van der Waals surface area contributed by atoms with Crippen LogP contribution in [0.5, 0.6) is 0 Å². The minimum absolute atomic E-state index is 0.0871. The Balaban J connectivity index is 1.33. The Hall–Kier alpha value is -4.60. The first-order valence-electron chi connectivity index (χ1n) is 15.7. The number of anilines is 2. The van der Waals surface area contributed by atoms with Gasteiger partial charge in [0.2, 0.25) is 5.76 Å². The number of hydrogen-bond donors (Lipinski definition) is 0. The molecule has 5 aromatic rings. The number of ether oxygens (including phenoxy) is 1. The highest BCUT2D eigenvalue weighted by Gasteiger charge is 2.30. The number of hydrogen-bond acceptors (Lipinski definition) is 7. The zero-order chi connectivity index (χ0) is 32.1. The monoisotopic (exact) mass is 637 g/mol. The summed E-state index contributed by atoms with van der Waals surface area (Å²) in [6, 6.07) is 32.9. The van der Waals surface area contributed by atoms with E-state index in [4.69, 9.17) is 9.15 Å². The molecule has 0 bridgehead atoms. The van der Waals surface area contributed by atoms with E-state index in [1.54, 1.807) is 32.0 Å². The number of carbonyl (C=O) groups is 1. The fourth-order valence-corrected chi connectivity index (χ4v) is 7.56. The summed E-state index contributed by atoms with van der Waals surface area (Å²) in [6.45, 7) is 8.16. The molecule has 4 aromatic carbocycles. The summed E-state index contributed by atoms with van der Waals surface area (Å²) in [7, 11) is -4.03. The molecule has 9 heteroatoms. The summed E-state index contributed by atoms with van der Waals surface area (Å²) >= 11 is 0. The molecular weight excluding hydrogens is 598 g/mol. The van der Waals surface area contributed by atoms with Crippen LogP contribution >= 0.6 is 0 Å². The highest BCUT2D eigenvalue weighted by molar-refractivity contribution is 7.92. The number of rotatable bonds is 11. The maximum absolute atomic E-state index is 14.6. The maximum atomic E-state index is 14.6. The van der Waals surface area contributed by atoms with Crippen LogP contribution in [0.3, 0.4) is 0 Å². The molecule has 0 spiro atoms. The molecule has 238 valence electrons. The van der Waals surface area contributed by atoms with E-state index in [2.05, 4.69) is 34.1 Å². The van der Waals surface area contributed by atoms with Crippen LogP contribution < -0.4 is 9.21 Å². The van der Waals surface area contributed by atoms with Crippen LogP contribution in [0.4, 0.5) is 11.4 Å². The van der Waals surface area contributed by atoms with Crippen molar-refractivity contribution in [3.05, 3.63) is 126 Å². The molecule has 0 saturated carbocycles. The average molecular weight is 638 g/mol. The molecule has 0 unspecified atom stereocenters. The molecule has 1 fully saturated rings. The van der Waals surface area contributed by atoms with Crippen LogP contribution in [0.15, 0.2) is 112 Å². The first-order chi connectivity index (χ1) is 22.3. The van der Waals surface area contributed by atoms with Gasteiger partial charge < -0.3 is 14.1 Å². The van der Waals surface area contributed by atoms with Crippen molar-refractivity contribution in [3.63, 3.8) is 0 Å². The van der Waals surface area contributed by atoms with Gasteiger partial charge in [-0.1, -0.05) is 72.8 Å². The first kappa shape index (κ1) is 31.4. The Morgan fingerprint density at radius 1 is 0.848 bits per heavy atom. The number of sulfonamides is 1. The fourth-order valence-electron chi connectivity index (χ4n) is 6.06. The zero-order valence-electron chi connectivity index (χ0n) is 26.3.